The third-order valence-electron chi connectivity index (χ3n) is 8.45. The Hall–Kier alpha value is -5.14. The molecule has 1 heteroatoms. The summed E-state index contributed by atoms with van der Waals surface area (Å²) >= 11 is 0. The van der Waals surface area contributed by atoms with Crippen molar-refractivity contribution in [3.05, 3.63) is 151 Å². The van der Waals surface area contributed by atoms with E-state index in [1.807, 2.05) is 12.1 Å². The quantitative estimate of drug-likeness (QED) is 0.251. The van der Waals surface area contributed by atoms with Gasteiger partial charge in [0.1, 0.15) is 5.75 Å². The van der Waals surface area contributed by atoms with Gasteiger partial charge in [-0.3, -0.25) is 0 Å². The summed E-state index contributed by atoms with van der Waals surface area (Å²) in [5.41, 5.74) is 12.8. The van der Waals surface area contributed by atoms with E-state index in [9.17, 15) is 5.11 Å². The molecule has 0 spiro atoms. The number of hydrogen-bond acceptors (Lipinski definition) is 1. The molecule has 0 saturated carbocycles. The van der Waals surface area contributed by atoms with Crippen LogP contribution in [-0.4, -0.2) is 5.11 Å². The summed E-state index contributed by atoms with van der Waals surface area (Å²) in [5.74, 6) is 0.281. The zero-order valence-corrected chi connectivity index (χ0v) is 21.9. The van der Waals surface area contributed by atoms with Crippen molar-refractivity contribution in [2.45, 2.75) is 6.42 Å². The molecule has 0 atom stereocenters. The second-order valence-corrected chi connectivity index (χ2v) is 10.6. The van der Waals surface area contributed by atoms with Crippen LogP contribution in [0.15, 0.2) is 140 Å². The van der Waals surface area contributed by atoms with Crippen molar-refractivity contribution in [3.63, 3.8) is 0 Å². The van der Waals surface area contributed by atoms with Crippen molar-refractivity contribution >= 4 is 21.5 Å². The highest BCUT2D eigenvalue weighted by Crippen LogP contribution is 2.50. The minimum atomic E-state index is 0.281. The van der Waals surface area contributed by atoms with E-state index >= 15 is 0 Å². The Morgan fingerprint density at radius 1 is 0.375 bits per heavy atom. The lowest BCUT2D eigenvalue weighted by Crippen LogP contribution is -1.94. The van der Waals surface area contributed by atoms with Gasteiger partial charge in [-0.25, -0.2) is 0 Å². The highest BCUT2D eigenvalue weighted by Gasteiger charge is 2.27. The molecule has 1 N–H and O–H groups in total. The molecule has 1 nitrogen and oxygen atoms in total. The van der Waals surface area contributed by atoms with E-state index in [1.165, 1.54) is 71.6 Å². The van der Waals surface area contributed by atoms with E-state index in [0.29, 0.717) is 0 Å². The summed E-state index contributed by atoms with van der Waals surface area (Å²) < 4.78 is 0. The lowest BCUT2D eigenvalue weighted by molar-refractivity contribution is 0.475. The standard InChI is InChI=1S/C39H26O/c40-28-20-18-27(19-21-28)31-22-23-35-34-16-7-15-33(32-14-5-10-25-8-1-3-12-29(25)32)37(34)24-38(35)39(31)36-17-6-11-26-9-2-4-13-30(26)36/h1-23,40H,24H2. The summed E-state index contributed by atoms with van der Waals surface area (Å²) in [6.07, 6.45) is 0.870. The van der Waals surface area contributed by atoms with Gasteiger partial charge in [0.15, 0.2) is 0 Å². The Labute approximate surface area is 233 Å². The van der Waals surface area contributed by atoms with Crippen LogP contribution in [-0.2, 0) is 6.42 Å². The van der Waals surface area contributed by atoms with E-state index < -0.39 is 0 Å². The molecular weight excluding hydrogens is 484 g/mol. The number of rotatable bonds is 3. The van der Waals surface area contributed by atoms with E-state index in [2.05, 4.69) is 115 Å². The van der Waals surface area contributed by atoms with E-state index in [1.54, 1.807) is 12.1 Å². The molecule has 0 radical (unpaired) electrons. The van der Waals surface area contributed by atoms with Gasteiger partial charge in [0.25, 0.3) is 0 Å². The maximum atomic E-state index is 10.0. The van der Waals surface area contributed by atoms with E-state index in [-0.39, 0.29) is 5.75 Å². The van der Waals surface area contributed by atoms with E-state index in [0.717, 1.165) is 12.0 Å². The molecule has 0 aliphatic heterocycles. The lowest BCUT2D eigenvalue weighted by Gasteiger charge is -2.18. The molecule has 1 aliphatic rings. The van der Waals surface area contributed by atoms with Gasteiger partial charge in [0.2, 0.25) is 0 Å². The second kappa shape index (κ2) is 8.97. The molecule has 188 valence electrons. The molecule has 0 unspecified atom stereocenters. The Balaban J connectivity index is 1.40. The minimum Gasteiger partial charge on any atom is -0.508 e. The monoisotopic (exact) mass is 510 g/mol. The fraction of sp³-hybridized carbons (Fsp3) is 0.0256. The van der Waals surface area contributed by atoms with Crippen LogP contribution in [0.1, 0.15) is 11.1 Å². The van der Waals surface area contributed by atoms with Gasteiger partial charge in [-0.1, -0.05) is 127 Å². The average Bonchev–Trinajstić information content (AvgIpc) is 3.40. The van der Waals surface area contributed by atoms with Crippen molar-refractivity contribution in [3.8, 4) is 50.3 Å². The molecule has 0 amide bonds. The molecular formula is C39H26O. The van der Waals surface area contributed by atoms with Crippen LogP contribution in [0.4, 0.5) is 0 Å². The average molecular weight is 511 g/mol. The Morgan fingerprint density at radius 3 is 1.60 bits per heavy atom. The van der Waals surface area contributed by atoms with Crippen LogP contribution in [0.3, 0.4) is 0 Å². The largest absolute Gasteiger partial charge is 0.508 e. The van der Waals surface area contributed by atoms with Crippen LogP contribution in [0.25, 0.3) is 66.1 Å². The Kier molecular flexibility index (Phi) is 5.11. The van der Waals surface area contributed by atoms with Crippen LogP contribution in [0.2, 0.25) is 0 Å². The van der Waals surface area contributed by atoms with E-state index in [4.69, 9.17) is 0 Å². The molecule has 0 aromatic heterocycles. The first-order valence-corrected chi connectivity index (χ1v) is 13.8. The SMILES string of the molecule is Oc1ccc(-c2ccc3c(c2-c2cccc4ccccc24)Cc2c-3cccc2-c2cccc3ccccc23)cc1. The lowest BCUT2D eigenvalue weighted by atomic mass is 9.86. The van der Waals surface area contributed by atoms with Gasteiger partial charge >= 0.3 is 0 Å². The topological polar surface area (TPSA) is 20.2 Å². The minimum absolute atomic E-state index is 0.281. The third-order valence-corrected chi connectivity index (χ3v) is 8.45. The smallest absolute Gasteiger partial charge is 0.115 e. The molecule has 0 heterocycles. The molecule has 40 heavy (non-hydrogen) atoms. The number of phenolic OH excluding ortho intramolecular Hbond substituents is 1. The first-order valence-electron chi connectivity index (χ1n) is 13.8. The van der Waals surface area contributed by atoms with Crippen LogP contribution < -0.4 is 0 Å². The highest BCUT2D eigenvalue weighted by molar-refractivity contribution is 6.05. The summed E-state index contributed by atoms with van der Waals surface area (Å²) in [6.45, 7) is 0. The Bertz CT molecular complexity index is 2070. The third kappa shape index (κ3) is 3.48. The fourth-order valence-electron chi connectivity index (χ4n) is 6.64. The van der Waals surface area contributed by atoms with Crippen LogP contribution >= 0.6 is 0 Å². The molecule has 0 fully saturated rings. The van der Waals surface area contributed by atoms with Crippen molar-refractivity contribution < 1.29 is 5.11 Å². The number of aromatic hydroxyl groups is 1. The first-order chi connectivity index (χ1) is 19.8. The van der Waals surface area contributed by atoms with Gasteiger partial charge in [-0.2, -0.15) is 0 Å². The Morgan fingerprint density at radius 2 is 0.875 bits per heavy atom. The van der Waals surface area contributed by atoms with Crippen molar-refractivity contribution in [1.82, 2.24) is 0 Å². The highest BCUT2D eigenvalue weighted by atomic mass is 16.3. The maximum absolute atomic E-state index is 10.0. The molecule has 1 aliphatic carbocycles. The number of phenols is 1. The van der Waals surface area contributed by atoms with Gasteiger partial charge < -0.3 is 5.11 Å². The zero-order chi connectivity index (χ0) is 26.6. The van der Waals surface area contributed by atoms with Crippen molar-refractivity contribution in [2.24, 2.45) is 0 Å². The number of benzene rings is 7. The molecule has 0 saturated heterocycles. The first kappa shape index (κ1) is 22.8. The van der Waals surface area contributed by atoms with Crippen molar-refractivity contribution in [1.29, 1.82) is 0 Å². The summed E-state index contributed by atoms with van der Waals surface area (Å²) in [5, 5.41) is 15.1. The maximum Gasteiger partial charge on any atom is 0.115 e. The predicted molar refractivity (Wildman–Crippen MR) is 168 cm³/mol. The fourth-order valence-corrected chi connectivity index (χ4v) is 6.64. The number of fused-ring (bicyclic) bond motifs is 5. The summed E-state index contributed by atoms with van der Waals surface area (Å²) in [6, 6.07) is 49.5. The van der Waals surface area contributed by atoms with Gasteiger partial charge in [0.05, 0.1) is 0 Å². The molecule has 7 aromatic rings. The molecule has 8 rings (SSSR count). The molecule has 0 bridgehead atoms. The predicted octanol–water partition coefficient (Wildman–Crippen LogP) is 10.3. The summed E-state index contributed by atoms with van der Waals surface area (Å²) in [4.78, 5) is 0. The normalized spacial score (nSPS) is 12.0. The van der Waals surface area contributed by atoms with Crippen LogP contribution in [0, 0.1) is 0 Å². The zero-order valence-electron chi connectivity index (χ0n) is 21.9. The number of hydrogen-bond donors (Lipinski definition) is 1. The summed E-state index contributed by atoms with van der Waals surface area (Å²) in [7, 11) is 0. The van der Waals surface area contributed by atoms with Gasteiger partial charge in [-0.05, 0) is 95.7 Å². The van der Waals surface area contributed by atoms with Gasteiger partial charge in [-0.15, -0.1) is 0 Å². The van der Waals surface area contributed by atoms with Crippen LogP contribution in [0.5, 0.6) is 5.75 Å². The second-order valence-electron chi connectivity index (χ2n) is 10.6. The van der Waals surface area contributed by atoms with Gasteiger partial charge in [0, 0.05) is 0 Å². The molecule has 7 aromatic carbocycles. The van der Waals surface area contributed by atoms with Crippen molar-refractivity contribution in [2.75, 3.05) is 0 Å².